The first-order valence-electron chi connectivity index (χ1n) is 6.71. The topological polar surface area (TPSA) is 24.1 Å². The van der Waals surface area contributed by atoms with E-state index in [0.717, 1.165) is 38.5 Å². The Morgan fingerprint density at radius 2 is 1.53 bits per heavy atom. The maximum absolute atomic E-state index is 3.45. The Hall–Kier alpha value is -0.860. The summed E-state index contributed by atoms with van der Waals surface area (Å²) >= 11 is 0. The van der Waals surface area contributed by atoms with Gasteiger partial charge in [-0.1, -0.05) is 45.0 Å². The van der Waals surface area contributed by atoms with Crippen LogP contribution in [-0.4, -0.2) is 19.6 Å². The fourth-order valence-corrected chi connectivity index (χ4v) is 1.69. The van der Waals surface area contributed by atoms with Crippen LogP contribution in [0.2, 0.25) is 0 Å². The van der Waals surface area contributed by atoms with Crippen molar-refractivity contribution in [3.05, 3.63) is 35.4 Å². The highest BCUT2D eigenvalue weighted by atomic mass is 14.9. The molecule has 0 atom stereocenters. The molecule has 0 aliphatic carbocycles. The lowest BCUT2D eigenvalue weighted by molar-refractivity contribution is 0.535. The normalized spacial score (nSPS) is 11.1. The zero-order chi connectivity index (χ0) is 12.5. The zero-order valence-electron chi connectivity index (χ0n) is 11.4. The van der Waals surface area contributed by atoms with Gasteiger partial charge in [-0.3, -0.25) is 0 Å². The molecule has 0 aliphatic heterocycles. The molecule has 2 heteroatoms. The van der Waals surface area contributed by atoms with E-state index >= 15 is 0 Å². The summed E-state index contributed by atoms with van der Waals surface area (Å²) in [7, 11) is 0. The predicted molar refractivity (Wildman–Crippen MR) is 75.2 cm³/mol. The first-order chi connectivity index (χ1) is 8.22. The molecule has 0 amide bonds. The molecule has 0 saturated carbocycles. The van der Waals surface area contributed by atoms with Gasteiger partial charge in [0.1, 0.15) is 0 Å². The summed E-state index contributed by atoms with van der Waals surface area (Å²) in [6, 6.07) is 8.86. The maximum atomic E-state index is 3.45. The van der Waals surface area contributed by atoms with E-state index in [9.17, 15) is 0 Å². The Balaban J connectivity index is 2.09. The molecule has 17 heavy (non-hydrogen) atoms. The summed E-state index contributed by atoms with van der Waals surface area (Å²) in [6.07, 6.45) is 1.12. The minimum absolute atomic E-state index is 0.733. The molecule has 0 spiro atoms. The fraction of sp³-hybridized carbons (Fsp3) is 0.600. The van der Waals surface area contributed by atoms with Gasteiger partial charge in [0.05, 0.1) is 0 Å². The SMILES string of the molecule is CCc1ccc(CNCCNCC(C)C)cc1. The van der Waals surface area contributed by atoms with E-state index in [-0.39, 0.29) is 0 Å². The molecule has 1 aromatic rings. The summed E-state index contributed by atoms with van der Waals surface area (Å²) in [5, 5.41) is 6.88. The van der Waals surface area contributed by atoms with Crippen molar-refractivity contribution in [2.45, 2.75) is 33.7 Å². The van der Waals surface area contributed by atoms with Gasteiger partial charge in [0.2, 0.25) is 0 Å². The van der Waals surface area contributed by atoms with Crippen molar-refractivity contribution in [2.75, 3.05) is 19.6 Å². The monoisotopic (exact) mass is 234 g/mol. The molecule has 96 valence electrons. The molecule has 0 saturated heterocycles. The maximum Gasteiger partial charge on any atom is 0.0206 e. The van der Waals surface area contributed by atoms with E-state index in [1.54, 1.807) is 0 Å². The van der Waals surface area contributed by atoms with E-state index in [0.29, 0.717) is 0 Å². The Labute approximate surface area is 106 Å². The number of rotatable bonds is 8. The van der Waals surface area contributed by atoms with Gasteiger partial charge >= 0.3 is 0 Å². The van der Waals surface area contributed by atoms with Crippen LogP contribution in [0.4, 0.5) is 0 Å². The van der Waals surface area contributed by atoms with Crippen molar-refractivity contribution in [3.63, 3.8) is 0 Å². The lowest BCUT2D eigenvalue weighted by Crippen LogP contribution is -2.29. The van der Waals surface area contributed by atoms with E-state index in [2.05, 4.69) is 55.7 Å². The van der Waals surface area contributed by atoms with Crippen molar-refractivity contribution in [2.24, 2.45) is 5.92 Å². The average molecular weight is 234 g/mol. The van der Waals surface area contributed by atoms with Gasteiger partial charge < -0.3 is 10.6 Å². The molecular formula is C15H26N2. The molecule has 0 aliphatic rings. The molecule has 2 nitrogen and oxygen atoms in total. The number of benzene rings is 1. The fourth-order valence-electron chi connectivity index (χ4n) is 1.69. The van der Waals surface area contributed by atoms with Gasteiger partial charge in [0, 0.05) is 19.6 Å². The van der Waals surface area contributed by atoms with Crippen LogP contribution in [0.5, 0.6) is 0 Å². The number of aryl methyl sites for hydroxylation is 1. The molecule has 0 fully saturated rings. The molecule has 0 unspecified atom stereocenters. The Morgan fingerprint density at radius 1 is 0.941 bits per heavy atom. The molecule has 1 aromatic carbocycles. The second-order valence-electron chi connectivity index (χ2n) is 4.94. The summed E-state index contributed by atoms with van der Waals surface area (Å²) in [5.74, 6) is 0.733. The van der Waals surface area contributed by atoms with Gasteiger partial charge in [0.15, 0.2) is 0 Å². The van der Waals surface area contributed by atoms with Gasteiger partial charge in [0.25, 0.3) is 0 Å². The quantitative estimate of drug-likeness (QED) is 0.676. The van der Waals surface area contributed by atoms with E-state index in [1.165, 1.54) is 11.1 Å². The zero-order valence-corrected chi connectivity index (χ0v) is 11.4. The first kappa shape index (κ1) is 14.2. The second kappa shape index (κ2) is 8.26. The highest BCUT2D eigenvalue weighted by Gasteiger charge is 1.94. The predicted octanol–water partition coefficient (Wildman–Crippen LogP) is 2.58. The minimum atomic E-state index is 0.733. The highest BCUT2D eigenvalue weighted by Crippen LogP contribution is 2.04. The summed E-state index contributed by atoms with van der Waals surface area (Å²) in [5.41, 5.74) is 2.78. The van der Waals surface area contributed by atoms with Crippen LogP contribution in [0.25, 0.3) is 0 Å². The molecule has 0 aromatic heterocycles. The van der Waals surface area contributed by atoms with Gasteiger partial charge in [-0.15, -0.1) is 0 Å². The third-order valence-corrected chi connectivity index (χ3v) is 2.79. The number of hydrogen-bond acceptors (Lipinski definition) is 2. The molecule has 1 rings (SSSR count). The first-order valence-corrected chi connectivity index (χ1v) is 6.71. The van der Waals surface area contributed by atoms with Crippen molar-refractivity contribution in [3.8, 4) is 0 Å². The van der Waals surface area contributed by atoms with Crippen LogP contribution in [-0.2, 0) is 13.0 Å². The molecular weight excluding hydrogens is 208 g/mol. The largest absolute Gasteiger partial charge is 0.315 e. The highest BCUT2D eigenvalue weighted by molar-refractivity contribution is 5.22. The van der Waals surface area contributed by atoms with E-state index < -0.39 is 0 Å². The Kier molecular flexibility index (Phi) is 6.90. The van der Waals surface area contributed by atoms with Crippen molar-refractivity contribution in [1.82, 2.24) is 10.6 Å². The van der Waals surface area contributed by atoms with Gasteiger partial charge in [-0.25, -0.2) is 0 Å². The van der Waals surface area contributed by atoms with Crippen LogP contribution in [0.3, 0.4) is 0 Å². The Morgan fingerprint density at radius 3 is 2.12 bits per heavy atom. The third-order valence-electron chi connectivity index (χ3n) is 2.79. The lowest BCUT2D eigenvalue weighted by Gasteiger charge is -2.08. The third kappa shape index (κ3) is 6.44. The van der Waals surface area contributed by atoms with Crippen LogP contribution < -0.4 is 10.6 Å². The molecule has 0 radical (unpaired) electrons. The summed E-state index contributed by atoms with van der Waals surface area (Å²) in [6.45, 7) is 10.8. The molecule has 2 N–H and O–H groups in total. The molecule has 0 heterocycles. The minimum Gasteiger partial charge on any atom is -0.315 e. The Bertz CT molecular complexity index is 290. The van der Waals surface area contributed by atoms with E-state index in [1.807, 2.05) is 0 Å². The van der Waals surface area contributed by atoms with Crippen LogP contribution in [0, 0.1) is 5.92 Å². The second-order valence-corrected chi connectivity index (χ2v) is 4.94. The van der Waals surface area contributed by atoms with Gasteiger partial charge in [-0.05, 0) is 30.0 Å². The average Bonchev–Trinajstić information content (AvgIpc) is 2.34. The number of hydrogen-bond donors (Lipinski definition) is 2. The smallest absolute Gasteiger partial charge is 0.0206 e. The van der Waals surface area contributed by atoms with Gasteiger partial charge in [-0.2, -0.15) is 0 Å². The van der Waals surface area contributed by atoms with Crippen LogP contribution in [0.1, 0.15) is 31.9 Å². The van der Waals surface area contributed by atoms with E-state index in [4.69, 9.17) is 0 Å². The van der Waals surface area contributed by atoms with Crippen LogP contribution >= 0.6 is 0 Å². The van der Waals surface area contributed by atoms with Crippen molar-refractivity contribution < 1.29 is 0 Å². The number of nitrogens with one attached hydrogen (secondary N) is 2. The van der Waals surface area contributed by atoms with Crippen LogP contribution in [0.15, 0.2) is 24.3 Å². The lowest BCUT2D eigenvalue weighted by atomic mass is 10.1. The summed E-state index contributed by atoms with van der Waals surface area (Å²) in [4.78, 5) is 0. The van der Waals surface area contributed by atoms with Crippen molar-refractivity contribution >= 4 is 0 Å². The summed E-state index contributed by atoms with van der Waals surface area (Å²) < 4.78 is 0. The molecule has 0 bridgehead atoms. The van der Waals surface area contributed by atoms with Crippen molar-refractivity contribution in [1.29, 1.82) is 0 Å². The standard InChI is InChI=1S/C15H26N2/c1-4-14-5-7-15(8-6-14)12-17-10-9-16-11-13(2)3/h5-8,13,16-17H,4,9-12H2,1-3H3.